The highest BCUT2D eigenvalue weighted by atomic mass is 35.5. The number of aryl methyl sites for hydroxylation is 1. The number of nitrogens with zero attached hydrogens (tertiary/aromatic N) is 1. The molecule has 134 valence electrons. The molecule has 0 spiro atoms. The fourth-order valence-corrected chi connectivity index (χ4v) is 3.79. The van der Waals surface area contributed by atoms with Gasteiger partial charge in [0.2, 0.25) is 0 Å². The van der Waals surface area contributed by atoms with E-state index in [1.165, 1.54) is 6.07 Å². The summed E-state index contributed by atoms with van der Waals surface area (Å²) < 4.78 is 16.3. The molecule has 4 aromatic rings. The van der Waals surface area contributed by atoms with Gasteiger partial charge in [0.15, 0.2) is 5.78 Å². The monoisotopic (exact) mass is 397 g/mol. The molecule has 0 saturated carbocycles. The van der Waals surface area contributed by atoms with E-state index in [1.54, 1.807) is 35.0 Å². The van der Waals surface area contributed by atoms with Crippen molar-refractivity contribution in [3.63, 3.8) is 0 Å². The summed E-state index contributed by atoms with van der Waals surface area (Å²) in [5.74, 6) is -0.654. The average molecular weight is 398 g/mol. The third-order valence-electron chi connectivity index (χ3n) is 4.51. The Morgan fingerprint density at radius 2 is 1.67 bits per heavy atom. The maximum atomic E-state index is 14.6. The number of para-hydroxylation sites is 1. The number of carbonyl (C=O) groups excluding carboxylic acids is 1. The van der Waals surface area contributed by atoms with Gasteiger partial charge in [-0.05, 0) is 42.8 Å². The van der Waals surface area contributed by atoms with Gasteiger partial charge in [0.25, 0.3) is 0 Å². The molecule has 0 unspecified atom stereocenters. The first-order chi connectivity index (χ1) is 13.0. The molecule has 0 N–H and O–H groups in total. The second kappa shape index (κ2) is 6.84. The summed E-state index contributed by atoms with van der Waals surface area (Å²) in [5.41, 5.74) is 2.59. The molecule has 1 heterocycles. The minimum Gasteiger partial charge on any atom is -0.313 e. The van der Waals surface area contributed by atoms with Gasteiger partial charge < -0.3 is 4.57 Å². The third-order valence-corrected chi connectivity index (χ3v) is 5.14. The zero-order chi connectivity index (χ0) is 19.1. The Kier molecular flexibility index (Phi) is 4.50. The van der Waals surface area contributed by atoms with E-state index < -0.39 is 0 Å². The Labute approximate surface area is 165 Å². The molecule has 0 aliphatic carbocycles. The molecular weight excluding hydrogens is 384 g/mol. The number of carbonyl (C=O) groups is 1. The van der Waals surface area contributed by atoms with E-state index in [2.05, 4.69) is 0 Å². The molecule has 5 heteroatoms. The summed E-state index contributed by atoms with van der Waals surface area (Å²) in [5, 5.41) is 1.27. The van der Waals surface area contributed by atoms with E-state index in [0.29, 0.717) is 16.6 Å². The molecule has 0 aliphatic rings. The van der Waals surface area contributed by atoms with Gasteiger partial charge in [-0.2, -0.15) is 0 Å². The van der Waals surface area contributed by atoms with Crippen molar-refractivity contribution < 1.29 is 9.18 Å². The Morgan fingerprint density at radius 1 is 0.963 bits per heavy atom. The standard InChI is InChI=1S/C22H14Cl2FNO/c1-13-9-10-20(18(25)11-13)26-12-15(14-5-2-3-8-19(14)26)22(27)21-16(23)6-4-7-17(21)24/h2-12H,1H3. The van der Waals surface area contributed by atoms with Crippen LogP contribution < -0.4 is 0 Å². The van der Waals surface area contributed by atoms with Gasteiger partial charge in [0, 0.05) is 17.1 Å². The van der Waals surface area contributed by atoms with Crippen LogP contribution >= 0.6 is 23.2 Å². The van der Waals surface area contributed by atoms with Crippen LogP contribution in [-0.2, 0) is 0 Å². The van der Waals surface area contributed by atoms with Crippen LogP contribution in [0.3, 0.4) is 0 Å². The molecule has 0 bridgehead atoms. The van der Waals surface area contributed by atoms with Crippen LogP contribution in [0.2, 0.25) is 10.0 Å². The highest BCUT2D eigenvalue weighted by Gasteiger charge is 2.22. The minimum absolute atomic E-state index is 0.244. The van der Waals surface area contributed by atoms with E-state index in [4.69, 9.17) is 23.2 Å². The lowest BCUT2D eigenvalue weighted by atomic mass is 10.0. The van der Waals surface area contributed by atoms with Gasteiger partial charge >= 0.3 is 0 Å². The topological polar surface area (TPSA) is 22.0 Å². The fraction of sp³-hybridized carbons (Fsp3) is 0.0455. The number of hydrogen-bond acceptors (Lipinski definition) is 1. The van der Waals surface area contributed by atoms with Crippen LogP contribution in [0.4, 0.5) is 4.39 Å². The van der Waals surface area contributed by atoms with Gasteiger partial charge in [-0.25, -0.2) is 4.39 Å². The van der Waals surface area contributed by atoms with Crippen LogP contribution in [0.25, 0.3) is 16.6 Å². The van der Waals surface area contributed by atoms with Gasteiger partial charge in [-0.15, -0.1) is 0 Å². The van der Waals surface area contributed by atoms with Crippen molar-refractivity contribution >= 4 is 39.9 Å². The van der Waals surface area contributed by atoms with Crippen molar-refractivity contribution in [2.24, 2.45) is 0 Å². The maximum Gasteiger partial charge on any atom is 0.198 e. The first-order valence-electron chi connectivity index (χ1n) is 8.32. The third kappa shape index (κ3) is 3.03. The number of ketones is 1. The van der Waals surface area contributed by atoms with Crippen molar-refractivity contribution in [2.45, 2.75) is 6.92 Å². The predicted octanol–water partition coefficient (Wildman–Crippen LogP) is 6.62. The van der Waals surface area contributed by atoms with E-state index in [9.17, 15) is 9.18 Å². The van der Waals surface area contributed by atoms with E-state index in [-0.39, 0.29) is 27.2 Å². The van der Waals surface area contributed by atoms with Gasteiger partial charge in [-0.1, -0.05) is 53.5 Å². The fourth-order valence-electron chi connectivity index (χ4n) is 3.22. The van der Waals surface area contributed by atoms with Crippen molar-refractivity contribution in [3.05, 3.63) is 99.4 Å². The van der Waals surface area contributed by atoms with E-state index >= 15 is 0 Å². The van der Waals surface area contributed by atoms with Gasteiger partial charge in [0.1, 0.15) is 5.82 Å². The Balaban J connectivity index is 1.97. The largest absolute Gasteiger partial charge is 0.313 e. The number of fused-ring (bicyclic) bond motifs is 1. The molecule has 1 aromatic heterocycles. The van der Waals surface area contributed by atoms with Crippen LogP contribution in [0.15, 0.2) is 66.9 Å². The van der Waals surface area contributed by atoms with Gasteiger partial charge in [0.05, 0.1) is 26.8 Å². The lowest BCUT2D eigenvalue weighted by molar-refractivity contribution is 0.104. The summed E-state index contributed by atoms with van der Waals surface area (Å²) in [4.78, 5) is 13.2. The van der Waals surface area contributed by atoms with Gasteiger partial charge in [-0.3, -0.25) is 4.79 Å². The lowest BCUT2D eigenvalue weighted by Gasteiger charge is -2.07. The first-order valence-corrected chi connectivity index (χ1v) is 9.08. The molecule has 27 heavy (non-hydrogen) atoms. The lowest BCUT2D eigenvalue weighted by Crippen LogP contribution is -2.03. The molecule has 0 atom stereocenters. The normalized spacial score (nSPS) is 11.1. The average Bonchev–Trinajstić information content (AvgIpc) is 3.01. The molecule has 0 aliphatic heterocycles. The maximum absolute atomic E-state index is 14.6. The molecule has 0 saturated heterocycles. The number of benzene rings is 3. The number of hydrogen-bond donors (Lipinski definition) is 0. The van der Waals surface area contributed by atoms with Crippen LogP contribution in [0.1, 0.15) is 21.5 Å². The summed E-state index contributed by atoms with van der Waals surface area (Å²) in [6.45, 7) is 1.83. The molecule has 0 fully saturated rings. The van der Waals surface area contributed by atoms with Crippen molar-refractivity contribution in [3.8, 4) is 5.69 Å². The molecular formula is C22H14Cl2FNO. The Bertz CT molecular complexity index is 1180. The SMILES string of the molecule is Cc1ccc(-n2cc(C(=O)c3c(Cl)cccc3Cl)c3ccccc32)c(F)c1. The zero-order valence-electron chi connectivity index (χ0n) is 14.3. The number of aromatic nitrogens is 1. The number of rotatable bonds is 3. The molecule has 3 aromatic carbocycles. The van der Waals surface area contributed by atoms with Crippen LogP contribution in [0.5, 0.6) is 0 Å². The highest BCUT2D eigenvalue weighted by molar-refractivity contribution is 6.41. The minimum atomic E-state index is -0.356. The van der Waals surface area contributed by atoms with Crippen molar-refractivity contribution in [1.82, 2.24) is 4.57 Å². The summed E-state index contributed by atoms with van der Waals surface area (Å²) in [7, 11) is 0. The summed E-state index contributed by atoms with van der Waals surface area (Å²) in [6.07, 6.45) is 1.64. The van der Waals surface area contributed by atoms with E-state index in [1.807, 2.05) is 37.3 Å². The van der Waals surface area contributed by atoms with Crippen molar-refractivity contribution in [2.75, 3.05) is 0 Å². The summed E-state index contributed by atoms with van der Waals surface area (Å²) in [6, 6.07) is 17.3. The molecule has 2 nitrogen and oxygen atoms in total. The quantitative estimate of drug-likeness (QED) is 0.356. The van der Waals surface area contributed by atoms with Crippen molar-refractivity contribution in [1.29, 1.82) is 0 Å². The number of halogens is 3. The summed E-state index contributed by atoms with van der Waals surface area (Å²) >= 11 is 12.4. The second-order valence-corrected chi connectivity index (χ2v) is 7.12. The zero-order valence-corrected chi connectivity index (χ0v) is 15.9. The highest BCUT2D eigenvalue weighted by Crippen LogP contribution is 2.32. The van der Waals surface area contributed by atoms with Crippen LogP contribution in [-0.4, -0.2) is 10.4 Å². The molecule has 4 rings (SSSR count). The Hall–Kier alpha value is -2.62. The van der Waals surface area contributed by atoms with Crippen LogP contribution in [0, 0.1) is 12.7 Å². The predicted molar refractivity (Wildman–Crippen MR) is 108 cm³/mol. The van der Waals surface area contributed by atoms with E-state index in [0.717, 1.165) is 11.1 Å². The Morgan fingerprint density at radius 3 is 2.37 bits per heavy atom. The second-order valence-electron chi connectivity index (χ2n) is 6.31. The molecule has 0 radical (unpaired) electrons. The smallest absolute Gasteiger partial charge is 0.198 e. The molecule has 0 amide bonds. The first kappa shape index (κ1) is 17.8.